The number of aromatic nitrogens is 3. The fourth-order valence-corrected chi connectivity index (χ4v) is 3.61. The van der Waals surface area contributed by atoms with Gasteiger partial charge >= 0.3 is 0 Å². The molecule has 138 valence electrons. The van der Waals surface area contributed by atoms with Gasteiger partial charge in [-0.15, -0.1) is 0 Å². The number of hydrogen-bond donors (Lipinski definition) is 0. The Kier molecular flexibility index (Phi) is 5.16. The first-order valence-electron chi connectivity index (χ1n) is 8.92. The third-order valence-electron chi connectivity index (χ3n) is 4.70. The summed E-state index contributed by atoms with van der Waals surface area (Å²) in [6, 6.07) is 7.71. The van der Waals surface area contributed by atoms with Crippen LogP contribution < -0.4 is 0 Å². The van der Waals surface area contributed by atoms with Gasteiger partial charge in [-0.25, -0.2) is 15.0 Å². The molecule has 1 atom stereocenters. The zero-order valence-electron chi connectivity index (χ0n) is 14.7. The molecular formula is C20H19ClN4O2. The summed E-state index contributed by atoms with van der Waals surface area (Å²) in [5.74, 6) is 1.53. The number of benzene rings is 1. The number of piperidine rings is 1. The molecule has 1 amide bonds. The van der Waals surface area contributed by atoms with Gasteiger partial charge in [0, 0.05) is 36.9 Å². The summed E-state index contributed by atoms with van der Waals surface area (Å²) in [6.45, 7) is 1.31. The fourth-order valence-electron chi connectivity index (χ4n) is 3.40. The monoisotopic (exact) mass is 382 g/mol. The third-order valence-corrected chi connectivity index (χ3v) is 4.94. The van der Waals surface area contributed by atoms with E-state index in [9.17, 15) is 4.79 Å². The number of oxazole rings is 1. The summed E-state index contributed by atoms with van der Waals surface area (Å²) in [5.41, 5.74) is 1.59. The second kappa shape index (κ2) is 7.88. The topological polar surface area (TPSA) is 72.1 Å². The highest BCUT2D eigenvalue weighted by atomic mass is 35.5. The highest BCUT2D eigenvalue weighted by Gasteiger charge is 2.28. The maximum absolute atomic E-state index is 12.6. The van der Waals surface area contributed by atoms with Crippen LogP contribution in [0.25, 0.3) is 0 Å². The Morgan fingerprint density at radius 2 is 2.11 bits per heavy atom. The summed E-state index contributed by atoms with van der Waals surface area (Å²) in [6.07, 6.45) is 8.79. The van der Waals surface area contributed by atoms with Gasteiger partial charge in [0.15, 0.2) is 5.89 Å². The van der Waals surface area contributed by atoms with Gasteiger partial charge in [0.2, 0.25) is 0 Å². The molecule has 0 saturated carbocycles. The van der Waals surface area contributed by atoms with Crippen LogP contribution in [0.5, 0.6) is 0 Å². The van der Waals surface area contributed by atoms with E-state index in [-0.39, 0.29) is 11.8 Å². The van der Waals surface area contributed by atoms with E-state index in [2.05, 4.69) is 15.0 Å². The molecule has 4 rings (SSSR count). The van der Waals surface area contributed by atoms with Crippen LogP contribution in [0.15, 0.2) is 53.6 Å². The second-order valence-corrected chi connectivity index (χ2v) is 7.13. The lowest BCUT2D eigenvalue weighted by Crippen LogP contribution is -2.39. The number of carbonyl (C=O) groups is 1. The molecule has 1 saturated heterocycles. The van der Waals surface area contributed by atoms with Crippen LogP contribution in [0, 0.1) is 0 Å². The minimum atomic E-state index is -0.0500. The molecule has 0 unspecified atom stereocenters. The van der Waals surface area contributed by atoms with E-state index in [0.29, 0.717) is 29.4 Å². The number of hydrogen-bond acceptors (Lipinski definition) is 5. The van der Waals surface area contributed by atoms with E-state index in [0.717, 1.165) is 30.7 Å². The minimum Gasteiger partial charge on any atom is -0.445 e. The largest absolute Gasteiger partial charge is 0.445 e. The van der Waals surface area contributed by atoms with Crippen molar-refractivity contribution in [3.8, 4) is 0 Å². The van der Waals surface area contributed by atoms with Gasteiger partial charge in [-0.1, -0.05) is 23.7 Å². The summed E-state index contributed by atoms with van der Waals surface area (Å²) in [7, 11) is 0. The van der Waals surface area contributed by atoms with Crippen molar-refractivity contribution in [3.63, 3.8) is 0 Å². The molecule has 3 aromatic rings. The lowest BCUT2D eigenvalue weighted by atomic mass is 9.97. The van der Waals surface area contributed by atoms with Gasteiger partial charge in [0.1, 0.15) is 12.1 Å². The van der Waals surface area contributed by atoms with Crippen molar-refractivity contribution in [1.82, 2.24) is 19.9 Å². The second-order valence-electron chi connectivity index (χ2n) is 6.69. The van der Waals surface area contributed by atoms with E-state index < -0.39 is 0 Å². The Morgan fingerprint density at radius 1 is 1.26 bits per heavy atom. The SMILES string of the molecule is O=C(c1cncnc1)N1CCC[C@@H](c2ncc(Cc3cccc(Cl)c3)o2)C1. The van der Waals surface area contributed by atoms with Gasteiger partial charge in [-0.3, -0.25) is 4.79 Å². The van der Waals surface area contributed by atoms with Crippen LogP contribution in [0.4, 0.5) is 0 Å². The van der Waals surface area contributed by atoms with Crippen LogP contribution in [0.1, 0.15) is 46.3 Å². The van der Waals surface area contributed by atoms with Crippen molar-refractivity contribution in [3.05, 3.63) is 77.0 Å². The Morgan fingerprint density at radius 3 is 2.93 bits per heavy atom. The molecule has 27 heavy (non-hydrogen) atoms. The molecule has 0 N–H and O–H groups in total. The standard InChI is InChI=1S/C20H19ClN4O2/c21-17-5-1-3-14(7-17)8-18-11-24-19(27-18)15-4-2-6-25(12-15)20(26)16-9-22-13-23-10-16/h1,3,5,7,9-11,13,15H,2,4,6,8,12H2/t15-/m1/s1. The summed E-state index contributed by atoms with van der Waals surface area (Å²) < 4.78 is 5.98. The molecule has 0 aliphatic carbocycles. The van der Waals surface area contributed by atoms with Crippen molar-refractivity contribution in [2.24, 2.45) is 0 Å². The van der Waals surface area contributed by atoms with E-state index in [1.54, 1.807) is 18.6 Å². The minimum absolute atomic E-state index is 0.0500. The van der Waals surface area contributed by atoms with Crippen molar-refractivity contribution in [2.75, 3.05) is 13.1 Å². The first-order valence-corrected chi connectivity index (χ1v) is 9.30. The van der Waals surface area contributed by atoms with Crippen LogP contribution >= 0.6 is 11.6 Å². The highest BCUT2D eigenvalue weighted by Crippen LogP contribution is 2.28. The zero-order chi connectivity index (χ0) is 18.6. The molecule has 3 heterocycles. The molecular weight excluding hydrogens is 364 g/mol. The van der Waals surface area contributed by atoms with Gasteiger partial charge in [0.05, 0.1) is 17.7 Å². The van der Waals surface area contributed by atoms with Crippen LogP contribution in [-0.2, 0) is 6.42 Å². The zero-order valence-corrected chi connectivity index (χ0v) is 15.5. The Labute approximate surface area is 162 Å². The van der Waals surface area contributed by atoms with Crippen LogP contribution in [0.3, 0.4) is 0 Å². The maximum atomic E-state index is 12.6. The number of nitrogens with zero attached hydrogens (tertiary/aromatic N) is 4. The third kappa shape index (κ3) is 4.17. The Balaban J connectivity index is 1.44. The lowest BCUT2D eigenvalue weighted by Gasteiger charge is -2.31. The first kappa shape index (κ1) is 17.7. The molecule has 1 aliphatic rings. The van der Waals surface area contributed by atoms with E-state index in [1.807, 2.05) is 29.2 Å². The molecule has 1 aliphatic heterocycles. The average molecular weight is 383 g/mol. The van der Waals surface area contributed by atoms with Gasteiger partial charge < -0.3 is 9.32 Å². The van der Waals surface area contributed by atoms with Crippen LogP contribution in [-0.4, -0.2) is 38.8 Å². The van der Waals surface area contributed by atoms with Crippen molar-refractivity contribution < 1.29 is 9.21 Å². The predicted octanol–water partition coefficient (Wildman–Crippen LogP) is 3.73. The number of halogens is 1. The predicted molar refractivity (Wildman–Crippen MR) is 101 cm³/mol. The van der Waals surface area contributed by atoms with Crippen molar-refractivity contribution in [1.29, 1.82) is 0 Å². The van der Waals surface area contributed by atoms with Crippen molar-refractivity contribution >= 4 is 17.5 Å². The molecule has 6 nitrogen and oxygen atoms in total. The first-order chi connectivity index (χ1) is 13.2. The number of amides is 1. The van der Waals surface area contributed by atoms with Crippen LogP contribution in [0.2, 0.25) is 5.02 Å². The quantitative estimate of drug-likeness (QED) is 0.687. The van der Waals surface area contributed by atoms with E-state index in [4.69, 9.17) is 16.0 Å². The molecule has 0 radical (unpaired) electrons. The average Bonchev–Trinajstić information content (AvgIpc) is 3.17. The normalized spacial score (nSPS) is 17.1. The van der Waals surface area contributed by atoms with E-state index in [1.165, 1.54) is 6.33 Å². The fraction of sp³-hybridized carbons (Fsp3) is 0.300. The number of carbonyl (C=O) groups excluding carboxylic acids is 1. The summed E-state index contributed by atoms with van der Waals surface area (Å²) >= 11 is 6.04. The molecule has 2 aromatic heterocycles. The smallest absolute Gasteiger partial charge is 0.257 e. The van der Waals surface area contributed by atoms with Gasteiger partial charge in [-0.05, 0) is 30.5 Å². The molecule has 7 heteroatoms. The molecule has 0 spiro atoms. The summed E-state index contributed by atoms with van der Waals surface area (Å²) in [5, 5.41) is 0.707. The Hall–Kier alpha value is -2.73. The lowest BCUT2D eigenvalue weighted by molar-refractivity contribution is 0.0697. The maximum Gasteiger partial charge on any atom is 0.257 e. The molecule has 1 fully saturated rings. The molecule has 0 bridgehead atoms. The van der Waals surface area contributed by atoms with Crippen molar-refractivity contribution in [2.45, 2.75) is 25.2 Å². The Bertz CT molecular complexity index is 928. The van der Waals surface area contributed by atoms with Gasteiger partial charge in [-0.2, -0.15) is 0 Å². The number of likely N-dealkylation sites (tertiary alicyclic amines) is 1. The van der Waals surface area contributed by atoms with Gasteiger partial charge in [0.25, 0.3) is 5.91 Å². The summed E-state index contributed by atoms with van der Waals surface area (Å²) in [4.78, 5) is 26.8. The van der Waals surface area contributed by atoms with E-state index >= 15 is 0 Å². The molecule has 1 aromatic carbocycles. The number of rotatable bonds is 4. The highest BCUT2D eigenvalue weighted by molar-refractivity contribution is 6.30.